The minimum Gasteiger partial charge on any atom is -0.497 e. The second-order valence-corrected chi connectivity index (χ2v) is 6.51. The second kappa shape index (κ2) is 5.99. The third kappa shape index (κ3) is 2.40. The SMILES string of the molecule is COc1cccc(C(=O)c2cc3c4ccccc4oc3c3ccccc23)c1. The second-order valence-electron chi connectivity index (χ2n) is 6.51. The molecule has 0 radical (unpaired) electrons. The van der Waals surface area contributed by atoms with Gasteiger partial charge in [-0.2, -0.15) is 0 Å². The van der Waals surface area contributed by atoms with Crippen LogP contribution in [-0.2, 0) is 0 Å². The highest BCUT2D eigenvalue weighted by Gasteiger charge is 2.18. The van der Waals surface area contributed by atoms with Crippen LogP contribution in [-0.4, -0.2) is 12.9 Å². The molecule has 1 heterocycles. The molecule has 0 aliphatic carbocycles. The fourth-order valence-electron chi connectivity index (χ4n) is 3.65. The predicted molar refractivity (Wildman–Crippen MR) is 108 cm³/mol. The van der Waals surface area contributed by atoms with E-state index >= 15 is 0 Å². The van der Waals surface area contributed by atoms with Crippen molar-refractivity contribution in [3.8, 4) is 5.75 Å². The first-order chi connectivity index (χ1) is 13.3. The van der Waals surface area contributed by atoms with E-state index in [1.807, 2.05) is 72.8 Å². The highest BCUT2D eigenvalue weighted by Crippen LogP contribution is 2.36. The van der Waals surface area contributed by atoms with Crippen molar-refractivity contribution in [3.05, 3.63) is 90.0 Å². The van der Waals surface area contributed by atoms with E-state index in [0.29, 0.717) is 16.9 Å². The Morgan fingerprint density at radius 2 is 1.52 bits per heavy atom. The molecule has 5 aromatic rings. The number of carbonyl (C=O) groups excluding carboxylic acids is 1. The third-order valence-electron chi connectivity index (χ3n) is 4.96. The Hall–Kier alpha value is -3.59. The average molecular weight is 352 g/mol. The lowest BCUT2D eigenvalue weighted by atomic mass is 9.94. The summed E-state index contributed by atoms with van der Waals surface area (Å²) in [6.07, 6.45) is 0. The normalized spacial score (nSPS) is 11.3. The first-order valence-electron chi connectivity index (χ1n) is 8.78. The monoisotopic (exact) mass is 352 g/mol. The number of hydrogen-bond donors (Lipinski definition) is 0. The highest BCUT2D eigenvalue weighted by atomic mass is 16.5. The topological polar surface area (TPSA) is 39.4 Å². The molecule has 0 saturated heterocycles. The van der Waals surface area contributed by atoms with E-state index in [1.165, 1.54) is 0 Å². The Bertz CT molecular complexity index is 1330. The Morgan fingerprint density at radius 1 is 0.778 bits per heavy atom. The van der Waals surface area contributed by atoms with Gasteiger partial charge in [0.25, 0.3) is 0 Å². The molecule has 27 heavy (non-hydrogen) atoms. The summed E-state index contributed by atoms with van der Waals surface area (Å²) in [5, 5.41) is 3.79. The van der Waals surface area contributed by atoms with Crippen LogP contribution in [0.15, 0.2) is 83.3 Å². The van der Waals surface area contributed by atoms with Crippen LogP contribution in [0.2, 0.25) is 0 Å². The molecule has 0 bridgehead atoms. The number of para-hydroxylation sites is 1. The molecule has 0 aliphatic rings. The molecule has 0 fully saturated rings. The first-order valence-corrected chi connectivity index (χ1v) is 8.78. The number of ketones is 1. The van der Waals surface area contributed by atoms with Crippen LogP contribution in [0, 0.1) is 0 Å². The maximum absolute atomic E-state index is 13.3. The van der Waals surface area contributed by atoms with E-state index in [2.05, 4.69) is 0 Å². The van der Waals surface area contributed by atoms with Crippen molar-refractivity contribution in [2.75, 3.05) is 7.11 Å². The summed E-state index contributed by atoms with van der Waals surface area (Å²) in [4.78, 5) is 13.3. The number of fused-ring (bicyclic) bond motifs is 5. The summed E-state index contributed by atoms with van der Waals surface area (Å²) in [6, 6.07) is 25.0. The fourth-order valence-corrected chi connectivity index (χ4v) is 3.65. The summed E-state index contributed by atoms with van der Waals surface area (Å²) in [6.45, 7) is 0. The van der Waals surface area contributed by atoms with Crippen molar-refractivity contribution in [2.24, 2.45) is 0 Å². The van der Waals surface area contributed by atoms with Gasteiger partial charge in [0.05, 0.1) is 7.11 Å². The minimum absolute atomic E-state index is 0.0303. The Kier molecular flexibility index (Phi) is 3.47. The number of hydrogen-bond acceptors (Lipinski definition) is 3. The molecular weight excluding hydrogens is 336 g/mol. The maximum atomic E-state index is 13.3. The smallest absolute Gasteiger partial charge is 0.193 e. The summed E-state index contributed by atoms with van der Waals surface area (Å²) in [7, 11) is 1.60. The van der Waals surface area contributed by atoms with E-state index < -0.39 is 0 Å². The summed E-state index contributed by atoms with van der Waals surface area (Å²) >= 11 is 0. The molecule has 0 atom stereocenters. The minimum atomic E-state index is -0.0303. The van der Waals surface area contributed by atoms with E-state index in [1.54, 1.807) is 13.2 Å². The lowest BCUT2D eigenvalue weighted by Gasteiger charge is -2.08. The molecule has 0 N–H and O–H groups in total. The van der Waals surface area contributed by atoms with Gasteiger partial charge < -0.3 is 9.15 Å². The summed E-state index contributed by atoms with van der Waals surface area (Å²) < 4.78 is 11.4. The molecule has 0 unspecified atom stereocenters. The van der Waals surface area contributed by atoms with Crippen molar-refractivity contribution >= 4 is 38.5 Å². The van der Waals surface area contributed by atoms with Crippen molar-refractivity contribution in [2.45, 2.75) is 0 Å². The van der Waals surface area contributed by atoms with Gasteiger partial charge in [0.2, 0.25) is 0 Å². The van der Waals surface area contributed by atoms with Gasteiger partial charge >= 0.3 is 0 Å². The number of carbonyl (C=O) groups is 1. The van der Waals surface area contributed by atoms with Gasteiger partial charge in [0.1, 0.15) is 16.9 Å². The molecule has 1 aromatic heterocycles. The number of methoxy groups -OCH3 is 1. The molecule has 130 valence electrons. The van der Waals surface area contributed by atoms with Gasteiger partial charge in [0.15, 0.2) is 5.78 Å². The van der Waals surface area contributed by atoms with Crippen LogP contribution < -0.4 is 4.74 Å². The number of benzene rings is 4. The van der Waals surface area contributed by atoms with E-state index in [-0.39, 0.29) is 5.78 Å². The van der Waals surface area contributed by atoms with Crippen LogP contribution >= 0.6 is 0 Å². The summed E-state index contributed by atoms with van der Waals surface area (Å²) in [5.41, 5.74) is 2.90. The largest absolute Gasteiger partial charge is 0.497 e. The molecule has 3 heteroatoms. The molecular formula is C24H16O3. The third-order valence-corrected chi connectivity index (χ3v) is 4.96. The molecule has 4 aromatic carbocycles. The molecule has 0 aliphatic heterocycles. The predicted octanol–water partition coefficient (Wildman–Crippen LogP) is 5.98. The highest BCUT2D eigenvalue weighted by molar-refractivity contribution is 6.24. The van der Waals surface area contributed by atoms with Crippen molar-refractivity contribution < 1.29 is 13.9 Å². The van der Waals surface area contributed by atoms with Gasteiger partial charge in [-0.25, -0.2) is 0 Å². The molecule has 0 spiro atoms. The van der Waals surface area contributed by atoms with Crippen molar-refractivity contribution in [3.63, 3.8) is 0 Å². The molecule has 3 nitrogen and oxygen atoms in total. The molecule has 5 rings (SSSR count). The quantitative estimate of drug-likeness (QED) is 0.375. The van der Waals surface area contributed by atoms with Gasteiger partial charge in [-0.05, 0) is 29.7 Å². The average Bonchev–Trinajstić information content (AvgIpc) is 3.11. The van der Waals surface area contributed by atoms with Crippen LogP contribution in [0.25, 0.3) is 32.7 Å². The molecule has 0 amide bonds. The first kappa shape index (κ1) is 15.6. The van der Waals surface area contributed by atoms with E-state index in [0.717, 1.165) is 32.7 Å². The standard InChI is InChI=1S/C24H16O3/c1-26-16-8-6-7-15(13-16)23(25)20-14-21-18-10-4-5-12-22(18)27-24(21)19-11-3-2-9-17(19)20/h2-14H,1H3. The lowest BCUT2D eigenvalue weighted by Crippen LogP contribution is -2.02. The van der Waals surface area contributed by atoms with Crippen molar-refractivity contribution in [1.29, 1.82) is 0 Å². The zero-order valence-corrected chi connectivity index (χ0v) is 14.7. The number of furan rings is 1. The van der Waals surface area contributed by atoms with E-state index in [4.69, 9.17) is 9.15 Å². The van der Waals surface area contributed by atoms with Gasteiger partial charge in [-0.1, -0.05) is 54.6 Å². The van der Waals surface area contributed by atoms with Crippen LogP contribution in [0.4, 0.5) is 0 Å². The van der Waals surface area contributed by atoms with Crippen LogP contribution in [0.3, 0.4) is 0 Å². The number of rotatable bonds is 3. The van der Waals surface area contributed by atoms with Gasteiger partial charge in [0, 0.05) is 27.3 Å². The van der Waals surface area contributed by atoms with Crippen LogP contribution in [0.5, 0.6) is 5.75 Å². The lowest BCUT2D eigenvalue weighted by molar-refractivity contribution is 0.104. The van der Waals surface area contributed by atoms with Crippen molar-refractivity contribution in [1.82, 2.24) is 0 Å². The molecule has 0 saturated carbocycles. The zero-order chi connectivity index (χ0) is 18.4. The summed E-state index contributed by atoms with van der Waals surface area (Å²) in [5.74, 6) is 0.636. The number of ether oxygens (including phenoxy) is 1. The fraction of sp³-hybridized carbons (Fsp3) is 0.0417. The van der Waals surface area contributed by atoms with E-state index in [9.17, 15) is 4.79 Å². The van der Waals surface area contributed by atoms with Gasteiger partial charge in [-0.3, -0.25) is 4.79 Å². The van der Waals surface area contributed by atoms with Crippen LogP contribution in [0.1, 0.15) is 15.9 Å². The Labute approximate surface area is 155 Å². The maximum Gasteiger partial charge on any atom is 0.193 e. The van der Waals surface area contributed by atoms with Gasteiger partial charge in [-0.15, -0.1) is 0 Å². The Morgan fingerprint density at radius 3 is 2.33 bits per heavy atom. The zero-order valence-electron chi connectivity index (χ0n) is 14.7. The Balaban J connectivity index is 1.84.